The average Bonchev–Trinajstić information content (AvgIpc) is 2.51. The molecule has 0 aliphatic rings. The van der Waals surface area contributed by atoms with Crippen molar-refractivity contribution in [3.63, 3.8) is 0 Å². The van der Waals surface area contributed by atoms with E-state index in [1.54, 1.807) is 25.0 Å². The summed E-state index contributed by atoms with van der Waals surface area (Å²) in [6.07, 6.45) is 1.73. The number of guanidine groups is 1. The number of hydroxylamine groups is 1. The van der Waals surface area contributed by atoms with Crippen LogP contribution >= 0.6 is 23.4 Å². The number of hydrogen-bond donors (Lipinski definition) is 5. The number of hydrogen-bond acceptors (Lipinski definition) is 8. The lowest BCUT2D eigenvalue weighted by atomic mass is 10.4. The van der Waals surface area contributed by atoms with Crippen molar-refractivity contribution in [3.05, 3.63) is 49.3 Å². The predicted molar refractivity (Wildman–Crippen MR) is 89.3 cm³/mol. The van der Waals surface area contributed by atoms with Gasteiger partial charge in [0.15, 0.2) is 0 Å². The van der Waals surface area contributed by atoms with Gasteiger partial charge in [-0.1, -0.05) is 11.6 Å². The van der Waals surface area contributed by atoms with Crippen LogP contribution in [0.25, 0.3) is 0 Å². The van der Waals surface area contributed by atoms with Crippen LogP contribution in [-0.2, 0) is 5.75 Å². The van der Waals surface area contributed by atoms with Gasteiger partial charge in [-0.2, -0.15) is 11.8 Å². The topological polar surface area (TPSA) is 196 Å². The first kappa shape index (κ1) is 24.7. The molecule has 0 spiro atoms. The van der Waals surface area contributed by atoms with Crippen molar-refractivity contribution >= 4 is 29.3 Å². The molecule has 0 radical (unpaired) electrons. The van der Waals surface area contributed by atoms with Gasteiger partial charge < -0.3 is 15.7 Å². The highest BCUT2D eigenvalue weighted by molar-refractivity contribution is 7.98. The smallest absolute Gasteiger partial charge is 0.291 e. The van der Waals surface area contributed by atoms with E-state index in [4.69, 9.17) is 47.5 Å². The Morgan fingerprint density at radius 2 is 1.96 bits per heavy atom. The first-order valence-corrected chi connectivity index (χ1v) is 7.72. The van der Waals surface area contributed by atoms with Gasteiger partial charge in [0.25, 0.3) is 10.2 Å². The van der Waals surface area contributed by atoms with E-state index in [-0.39, 0.29) is 0 Å². The molecule has 142 valence electrons. The number of rotatable bonds is 5. The molecule has 15 heteroatoms. The maximum absolute atomic E-state index is 8.62. The van der Waals surface area contributed by atoms with Crippen molar-refractivity contribution < 1.29 is 25.8 Å². The summed E-state index contributed by atoms with van der Waals surface area (Å²) in [7, 11) is 1.59. The van der Waals surface area contributed by atoms with E-state index in [0.29, 0.717) is 17.5 Å². The molecule has 0 aliphatic heterocycles. The molecule has 0 saturated carbocycles. The highest BCUT2D eigenvalue weighted by Gasteiger charge is 2.00. The lowest BCUT2D eigenvalue weighted by Gasteiger charge is -2.07. The van der Waals surface area contributed by atoms with Crippen LogP contribution < -0.4 is 10.8 Å². The van der Waals surface area contributed by atoms with E-state index >= 15 is 0 Å². The Kier molecular flexibility index (Phi) is 16.1. The van der Waals surface area contributed by atoms with Gasteiger partial charge in [-0.05, 0) is 12.1 Å². The molecule has 0 amide bonds. The number of nitrogens with zero attached hydrogens (tertiary/aromatic N) is 4. The number of aliphatic imine (C=N–C) groups is 1. The summed E-state index contributed by atoms with van der Waals surface area (Å²) in [4.78, 5) is 24.7. The van der Waals surface area contributed by atoms with E-state index in [0.717, 1.165) is 17.2 Å². The average molecular weight is 401 g/mol. The molecule has 1 aromatic heterocycles. The normalized spacial score (nSPS) is 9.64. The number of nitrogens with one attached hydrogen (secondary N) is 2. The molecule has 25 heavy (non-hydrogen) atoms. The standard InChI is InChI=1S/C10H15ClN4OS.2HNO3/c1-12-10(15-16)14-5-6-17-7-9-8(11)3-2-4-13-9;2*2-1(3)4/h2-4,16H,5-7H2,1H3,(H2,12,14,15);2*(H,2,3,4). The third-order valence-electron chi connectivity index (χ3n) is 1.94. The summed E-state index contributed by atoms with van der Waals surface area (Å²) in [5.41, 5.74) is 2.86. The van der Waals surface area contributed by atoms with Crippen LogP contribution in [0.1, 0.15) is 5.69 Å². The summed E-state index contributed by atoms with van der Waals surface area (Å²) in [6, 6.07) is 3.65. The van der Waals surface area contributed by atoms with Gasteiger partial charge in [0.05, 0.1) is 10.7 Å². The molecule has 0 atom stereocenters. The van der Waals surface area contributed by atoms with Crippen molar-refractivity contribution in [1.29, 1.82) is 0 Å². The molecule has 1 heterocycles. The first-order valence-electron chi connectivity index (χ1n) is 6.19. The SMILES string of the molecule is CN=C(NO)NCCSCc1ncccc1Cl.O=[N+]([O-])O.O=[N+]([O-])O. The van der Waals surface area contributed by atoms with Crippen LogP contribution in [0.15, 0.2) is 23.3 Å². The van der Waals surface area contributed by atoms with Crippen molar-refractivity contribution in [1.82, 2.24) is 15.8 Å². The van der Waals surface area contributed by atoms with E-state index in [2.05, 4.69) is 15.3 Å². The number of aromatic nitrogens is 1. The Labute approximate surface area is 150 Å². The van der Waals surface area contributed by atoms with Gasteiger partial charge in [-0.25, -0.2) is 5.48 Å². The second-order valence-electron chi connectivity index (χ2n) is 3.57. The zero-order chi connectivity index (χ0) is 19.7. The third-order valence-corrected chi connectivity index (χ3v) is 3.26. The van der Waals surface area contributed by atoms with E-state index in [9.17, 15) is 0 Å². The zero-order valence-electron chi connectivity index (χ0n) is 12.9. The quantitative estimate of drug-likeness (QED) is 0.154. The Hall–Kier alpha value is -2.58. The molecule has 0 bridgehead atoms. The second kappa shape index (κ2) is 16.3. The Balaban J connectivity index is 0. The van der Waals surface area contributed by atoms with E-state index in [1.165, 1.54) is 0 Å². The van der Waals surface area contributed by atoms with Gasteiger partial charge in [0, 0.05) is 31.3 Å². The van der Waals surface area contributed by atoms with Crippen LogP contribution in [0.4, 0.5) is 0 Å². The Morgan fingerprint density at radius 3 is 2.40 bits per heavy atom. The summed E-state index contributed by atoms with van der Waals surface area (Å²) in [5, 5.41) is 39.5. The fourth-order valence-electron chi connectivity index (χ4n) is 1.10. The minimum atomic E-state index is -1.50. The highest BCUT2D eigenvalue weighted by Crippen LogP contribution is 2.17. The monoisotopic (exact) mass is 400 g/mol. The summed E-state index contributed by atoms with van der Waals surface area (Å²) >= 11 is 7.69. The highest BCUT2D eigenvalue weighted by atomic mass is 35.5. The number of thioether (sulfide) groups is 1. The zero-order valence-corrected chi connectivity index (χ0v) is 14.5. The van der Waals surface area contributed by atoms with Gasteiger partial charge in [-0.3, -0.25) is 15.2 Å². The maximum atomic E-state index is 8.62. The molecular formula is C10H17ClN6O7S. The largest absolute Gasteiger partial charge is 0.354 e. The van der Waals surface area contributed by atoms with Crippen molar-refractivity contribution in [2.75, 3.05) is 19.3 Å². The summed E-state index contributed by atoms with van der Waals surface area (Å²) in [6.45, 7) is 0.704. The number of halogens is 1. The summed E-state index contributed by atoms with van der Waals surface area (Å²) < 4.78 is 0. The van der Waals surface area contributed by atoms with Crippen LogP contribution in [0.5, 0.6) is 0 Å². The molecule has 13 nitrogen and oxygen atoms in total. The van der Waals surface area contributed by atoms with Crippen LogP contribution in [0.3, 0.4) is 0 Å². The minimum absolute atomic E-state index is 0.362. The van der Waals surface area contributed by atoms with Crippen molar-refractivity contribution in [2.45, 2.75) is 5.75 Å². The number of pyridine rings is 1. The van der Waals surface area contributed by atoms with Crippen LogP contribution in [0, 0.1) is 20.2 Å². The Morgan fingerprint density at radius 1 is 1.40 bits per heavy atom. The Bertz CT molecular complexity index is 530. The van der Waals surface area contributed by atoms with Gasteiger partial charge >= 0.3 is 0 Å². The maximum Gasteiger partial charge on any atom is 0.291 e. The first-order chi connectivity index (χ1) is 11.7. The van der Waals surface area contributed by atoms with Crippen molar-refractivity contribution in [2.24, 2.45) is 4.99 Å². The molecule has 5 N–H and O–H groups in total. The molecule has 0 fully saturated rings. The van der Waals surface area contributed by atoms with Gasteiger partial charge in [0.1, 0.15) is 0 Å². The van der Waals surface area contributed by atoms with Crippen LogP contribution in [0.2, 0.25) is 5.02 Å². The predicted octanol–water partition coefficient (Wildman–Crippen LogP) is 0.827. The van der Waals surface area contributed by atoms with Gasteiger partial charge in [-0.15, -0.1) is 20.2 Å². The third kappa shape index (κ3) is 19.4. The lowest BCUT2D eigenvalue weighted by molar-refractivity contribution is -0.742. The molecule has 1 rings (SSSR count). The lowest BCUT2D eigenvalue weighted by Crippen LogP contribution is -2.36. The van der Waals surface area contributed by atoms with E-state index in [1.807, 2.05) is 17.6 Å². The molecule has 0 aliphatic carbocycles. The molecule has 0 saturated heterocycles. The van der Waals surface area contributed by atoms with Gasteiger partial charge in [0.2, 0.25) is 5.96 Å². The van der Waals surface area contributed by atoms with Crippen LogP contribution in [-0.4, -0.2) is 56.1 Å². The second-order valence-corrected chi connectivity index (χ2v) is 5.08. The van der Waals surface area contributed by atoms with Crippen molar-refractivity contribution in [3.8, 4) is 0 Å². The molecule has 0 unspecified atom stereocenters. The molecule has 0 aromatic carbocycles. The summed E-state index contributed by atoms with van der Waals surface area (Å²) in [5.74, 6) is 2.00. The fourth-order valence-corrected chi connectivity index (χ4v) is 2.19. The fraction of sp³-hybridized carbons (Fsp3) is 0.400. The molecule has 1 aromatic rings. The molecular weight excluding hydrogens is 384 g/mol. The van der Waals surface area contributed by atoms with E-state index < -0.39 is 10.2 Å². The minimum Gasteiger partial charge on any atom is -0.354 e.